The standard InChI is InChI=1S/C21H25N5O4/c1-15-2-7-19(22-14-15)24-21(28)16-8-11-25(12-9-16)13-10-20(27)23-17-3-5-18(6-4-17)26(29)30/h2-7,14,16H,8-13H2,1H3,(H,23,27)(H,22,24,28). The van der Waals surface area contributed by atoms with Gasteiger partial charge in [0.15, 0.2) is 0 Å². The van der Waals surface area contributed by atoms with Gasteiger partial charge >= 0.3 is 0 Å². The highest BCUT2D eigenvalue weighted by Gasteiger charge is 2.25. The van der Waals surface area contributed by atoms with E-state index in [9.17, 15) is 19.7 Å². The zero-order valence-corrected chi connectivity index (χ0v) is 16.8. The number of nitrogens with one attached hydrogen (secondary N) is 2. The lowest BCUT2D eigenvalue weighted by molar-refractivity contribution is -0.384. The molecule has 30 heavy (non-hydrogen) atoms. The number of benzene rings is 1. The number of nitrogens with zero attached hydrogens (tertiary/aromatic N) is 3. The minimum Gasteiger partial charge on any atom is -0.326 e. The number of rotatable bonds is 7. The molecule has 1 fully saturated rings. The second kappa shape index (κ2) is 9.93. The van der Waals surface area contributed by atoms with Crippen LogP contribution in [0.2, 0.25) is 0 Å². The van der Waals surface area contributed by atoms with Gasteiger partial charge in [0.2, 0.25) is 11.8 Å². The number of aromatic nitrogens is 1. The van der Waals surface area contributed by atoms with Crippen LogP contribution in [0, 0.1) is 23.0 Å². The third-order valence-corrected chi connectivity index (χ3v) is 5.14. The van der Waals surface area contributed by atoms with Gasteiger partial charge < -0.3 is 15.5 Å². The highest BCUT2D eigenvalue weighted by Crippen LogP contribution is 2.20. The number of piperidine rings is 1. The van der Waals surface area contributed by atoms with Crippen LogP contribution in [0.25, 0.3) is 0 Å². The summed E-state index contributed by atoms with van der Waals surface area (Å²) in [5.74, 6) is 0.352. The molecule has 0 bridgehead atoms. The molecule has 158 valence electrons. The predicted molar refractivity (Wildman–Crippen MR) is 113 cm³/mol. The number of anilines is 2. The third kappa shape index (κ3) is 6.08. The van der Waals surface area contributed by atoms with E-state index in [4.69, 9.17) is 0 Å². The molecular formula is C21H25N5O4. The van der Waals surface area contributed by atoms with Crippen molar-refractivity contribution in [2.24, 2.45) is 5.92 Å². The fraction of sp³-hybridized carbons (Fsp3) is 0.381. The molecule has 3 rings (SSSR count). The summed E-state index contributed by atoms with van der Waals surface area (Å²) in [5, 5.41) is 16.3. The van der Waals surface area contributed by atoms with Gasteiger partial charge in [0, 0.05) is 42.9 Å². The summed E-state index contributed by atoms with van der Waals surface area (Å²) < 4.78 is 0. The van der Waals surface area contributed by atoms with E-state index in [-0.39, 0.29) is 23.4 Å². The van der Waals surface area contributed by atoms with Gasteiger partial charge in [-0.25, -0.2) is 4.98 Å². The van der Waals surface area contributed by atoms with Crippen molar-refractivity contribution < 1.29 is 14.5 Å². The number of aryl methyl sites for hydroxylation is 1. The molecule has 1 aliphatic rings. The van der Waals surface area contributed by atoms with Crippen LogP contribution in [0.1, 0.15) is 24.8 Å². The monoisotopic (exact) mass is 411 g/mol. The molecule has 9 nitrogen and oxygen atoms in total. The van der Waals surface area contributed by atoms with Gasteiger partial charge in [-0.2, -0.15) is 0 Å². The summed E-state index contributed by atoms with van der Waals surface area (Å²) in [6, 6.07) is 9.46. The molecule has 1 aromatic heterocycles. The fourth-order valence-electron chi connectivity index (χ4n) is 3.34. The first-order valence-electron chi connectivity index (χ1n) is 9.91. The van der Waals surface area contributed by atoms with Crippen molar-refractivity contribution in [3.05, 3.63) is 58.3 Å². The number of likely N-dealkylation sites (tertiary alicyclic amines) is 1. The molecule has 0 unspecified atom stereocenters. The largest absolute Gasteiger partial charge is 0.326 e. The lowest BCUT2D eigenvalue weighted by Crippen LogP contribution is -2.39. The van der Waals surface area contributed by atoms with E-state index in [2.05, 4.69) is 20.5 Å². The second-order valence-corrected chi connectivity index (χ2v) is 7.43. The number of hydrogen-bond acceptors (Lipinski definition) is 6. The Kier molecular flexibility index (Phi) is 7.08. The Balaban J connectivity index is 1.37. The fourth-order valence-corrected chi connectivity index (χ4v) is 3.34. The van der Waals surface area contributed by atoms with Crippen molar-refractivity contribution in [1.29, 1.82) is 0 Å². The van der Waals surface area contributed by atoms with Crippen molar-refractivity contribution in [3.63, 3.8) is 0 Å². The Labute approximate surface area is 174 Å². The summed E-state index contributed by atoms with van der Waals surface area (Å²) in [6.07, 6.45) is 3.52. The SMILES string of the molecule is Cc1ccc(NC(=O)C2CCN(CCC(=O)Nc3ccc([N+](=O)[O-])cc3)CC2)nc1. The van der Waals surface area contributed by atoms with Crippen molar-refractivity contribution in [1.82, 2.24) is 9.88 Å². The van der Waals surface area contributed by atoms with Gasteiger partial charge in [0.1, 0.15) is 5.82 Å². The quantitative estimate of drug-likeness (QED) is 0.534. The number of amides is 2. The number of pyridine rings is 1. The van der Waals surface area contributed by atoms with Crippen molar-refractivity contribution in [2.45, 2.75) is 26.2 Å². The first-order chi connectivity index (χ1) is 14.4. The molecule has 1 aromatic carbocycles. The van der Waals surface area contributed by atoms with Crippen LogP contribution in [-0.2, 0) is 9.59 Å². The van der Waals surface area contributed by atoms with Crippen LogP contribution >= 0.6 is 0 Å². The Morgan fingerprint density at radius 2 is 1.83 bits per heavy atom. The molecule has 1 aliphatic heterocycles. The summed E-state index contributed by atoms with van der Waals surface area (Å²) in [4.78, 5) is 41.1. The minimum absolute atomic E-state index is 0.0121. The average molecular weight is 411 g/mol. The van der Waals surface area contributed by atoms with E-state index in [1.165, 1.54) is 24.3 Å². The van der Waals surface area contributed by atoms with E-state index in [0.717, 1.165) is 31.5 Å². The number of hydrogen-bond donors (Lipinski definition) is 2. The number of nitro benzene ring substituents is 1. The molecule has 0 radical (unpaired) electrons. The predicted octanol–water partition coefficient (Wildman–Crippen LogP) is 2.98. The van der Waals surface area contributed by atoms with Gasteiger partial charge in [-0.3, -0.25) is 19.7 Å². The molecule has 1 saturated heterocycles. The topological polar surface area (TPSA) is 117 Å². The van der Waals surface area contributed by atoms with E-state index in [1.54, 1.807) is 12.3 Å². The maximum absolute atomic E-state index is 12.4. The van der Waals surface area contributed by atoms with Crippen molar-refractivity contribution >= 4 is 29.0 Å². The Morgan fingerprint density at radius 1 is 1.13 bits per heavy atom. The van der Waals surface area contributed by atoms with Crippen LogP contribution in [0.4, 0.5) is 17.2 Å². The molecular weight excluding hydrogens is 386 g/mol. The van der Waals surface area contributed by atoms with E-state index >= 15 is 0 Å². The zero-order valence-electron chi connectivity index (χ0n) is 16.8. The summed E-state index contributed by atoms with van der Waals surface area (Å²) in [6.45, 7) is 4.06. The first kappa shape index (κ1) is 21.4. The third-order valence-electron chi connectivity index (χ3n) is 5.14. The summed E-state index contributed by atoms with van der Waals surface area (Å²) in [5.41, 5.74) is 1.56. The van der Waals surface area contributed by atoms with Crippen LogP contribution < -0.4 is 10.6 Å². The van der Waals surface area contributed by atoms with Crippen LogP contribution in [-0.4, -0.2) is 46.3 Å². The van der Waals surface area contributed by atoms with Gasteiger partial charge in [-0.1, -0.05) is 6.07 Å². The number of non-ortho nitro benzene ring substituents is 1. The Hall–Kier alpha value is -3.33. The molecule has 2 amide bonds. The lowest BCUT2D eigenvalue weighted by atomic mass is 9.96. The number of carbonyl (C=O) groups excluding carboxylic acids is 2. The van der Waals surface area contributed by atoms with E-state index in [0.29, 0.717) is 24.5 Å². The Bertz CT molecular complexity index is 891. The smallest absolute Gasteiger partial charge is 0.269 e. The number of nitro groups is 1. The van der Waals surface area contributed by atoms with E-state index < -0.39 is 4.92 Å². The molecule has 2 heterocycles. The highest BCUT2D eigenvalue weighted by molar-refractivity contribution is 5.92. The molecule has 0 aliphatic carbocycles. The van der Waals surface area contributed by atoms with Crippen molar-refractivity contribution in [3.8, 4) is 0 Å². The van der Waals surface area contributed by atoms with Crippen LogP contribution in [0.15, 0.2) is 42.6 Å². The lowest BCUT2D eigenvalue weighted by Gasteiger charge is -2.31. The molecule has 2 aromatic rings. The maximum Gasteiger partial charge on any atom is 0.269 e. The molecule has 0 spiro atoms. The molecule has 0 saturated carbocycles. The van der Waals surface area contributed by atoms with Gasteiger partial charge in [0.05, 0.1) is 4.92 Å². The van der Waals surface area contributed by atoms with Gasteiger partial charge in [0.25, 0.3) is 5.69 Å². The second-order valence-electron chi connectivity index (χ2n) is 7.43. The molecule has 9 heteroatoms. The van der Waals surface area contributed by atoms with Crippen molar-refractivity contribution in [2.75, 3.05) is 30.3 Å². The maximum atomic E-state index is 12.4. The van der Waals surface area contributed by atoms with Gasteiger partial charge in [-0.15, -0.1) is 0 Å². The zero-order chi connectivity index (χ0) is 21.5. The molecule has 2 N–H and O–H groups in total. The van der Waals surface area contributed by atoms with Crippen LogP contribution in [0.3, 0.4) is 0 Å². The minimum atomic E-state index is -0.479. The number of carbonyl (C=O) groups is 2. The highest BCUT2D eigenvalue weighted by atomic mass is 16.6. The first-order valence-corrected chi connectivity index (χ1v) is 9.91. The molecule has 0 atom stereocenters. The summed E-state index contributed by atoms with van der Waals surface area (Å²) >= 11 is 0. The normalized spacial score (nSPS) is 14.8. The average Bonchev–Trinajstić information content (AvgIpc) is 2.74. The van der Waals surface area contributed by atoms with E-state index in [1.807, 2.05) is 13.0 Å². The Morgan fingerprint density at radius 3 is 2.43 bits per heavy atom. The summed E-state index contributed by atoms with van der Waals surface area (Å²) in [7, 11) is 0. The van der Waals surface area contributed by atoms with Gasteiger partial charge in [-0.05, 0) is 56.6 Å². The van der Waals surface area contributed by atoms with Crippen LogP contribution in [0.5, 0.6) is 0 Å².